The van der Waals surface area contributed by atoms with Gasteiger partial charge in [-0.25, -0.2) is 0 Å². The van der Waals surface area contributed by atoms with E-state index in [0.29, 0.717) is 15.4 Å². The van der Waals surface area contributed by atoms with Crippen LogP contribution in [0.5, 0.6) is 0 Å². The molecular formula is C12H11BrN2O4. The molecular weight excluding hydrogens is 316 g/mol. The van der Waals surface area contributed by atoms with Crippen molar-refractivity contribution in [3.63, 3.8) is 0 Å². The van der Waals surface area contributed by atoms with Gasteiger partial charge in [-0.1, -0.05) is 15.9 Å². The molecule has 0 aliphatic heterocycles. The smallest absolute Gasteiger partial charge is 0.325 e. The number of rotatable bonds is 4. The fraction of sp³-hybridized carbons (Fsp3) is 0.250. The Balaban J connectivity index is 2.51. The fourth-order valence-electron chi connectivity index (χ4n) is 1.91. The van der Waals surface area contributed by atoms with Gasteiger partial charge in [0.15, 0.2) is 0 Å². The van der Waals surface area contributed by atoms with Crippen LogP contribution in [0.2, 0.25) is 0 Å². The Morgan fingerprint density at radius 1 is 1.53 bits per heavy atom. The minimum Gasteiger partial charge on any atom is -0.465 e. The number of nitro groups is 1. The van der Waals surface area contributed by atoms with Crippen LogP contribution in [0.1, 0.15) is 6.92 Å². The SMILES string of the molecule is CCOC(=O)Cn1ccc2cc(Br)cc([N+](=O)[O-])c21. The Labute approximate surface area is 117 Å². The van der Waals surface area contributed by atoms with E-state index in [9.17, 15) is 14.9 Å². The van der Waals surface area contributed by atoms with Gasteiger partial charge in [0.05, 0.1) is 11.5 Å². The average molecular weight is 327 g/mol. The first-order valence-corrected chi connectivity index (χ1v) is 6.40. The molecule has 0 amide bonds. The average Bonchev–Trinajstić information content (AvgIpc) is 2.71. The number of hydrogen-bond acceptors (Lipinski definition) is 4. The molecule has 2 aromatic rings. The standard InChI is InChI=1S/C12H11BrN2O4/c1-2-19-11(16)7-14-4-3-8-5-9(13)6-10(12(8)14)15(17)18/h3-6H,2,7H2,1H3. The van der Waals surface area contributed by atoms with Crippen molar-refractivity contribution in [2.24, 2.45) is 0 Å². The lowest BCUT2D eigenvalue weighted by Gasteiger charge is -2.05. The van der Waals surface area contributed by atoms with Crippen LogP contribution in [0, 0.1) is 10.1 Å². The molecule has 1 aromatic carbocycles. The van der Waals surface area contributed by atoms with Crippen molar-refractivity contribution < 1.29 is 14.5 Å². The predicted molar refractivity (Wildman–Crippen MR) is 72.9 cm³/mol. The molecule has 0 aliphatic rings. The van der Waals surface area contributed by atoms with Gasteiger partial charge < -0.3 is 9.30 Å². The van der Waals surface area contributed by atoms with Gasteiger partial charge in [0, 0.05) is 22.1 Å². The van der Waals surface area contributed by atoms with Crippen molar-refractivity contribution in [1.29, 1.82) is 0 Å². The van der Waals surface area contributed by atoms with E-state index in [0.717, 1.165) is 0 Å². The summed E-state index contributed by atoms with van der Waals surface area (Å²) in [7, 11) is 0. The molecule has 0 aliphatic carbocycles. The molecule has 0 N–H and O–H groups in total. The van der Waals surface area contributed by atoms with Crippen molar-refractivity contribution in [2.45, 2.75) is 13.5 Å². The van der Waals surface area contributed by atoms with Gasteiger partial charge in [0.2, 0.25) is 0 Å². The summed E-state index contributed by atoms with van der Waals surface area (Å²) in [5.41, 5.74) is 0.375. The van der Waals surface area contributed by atoms with Crippen LogP contribution in [0.15, 0.2) is 28.9 Å². The van der Waals surface area contributed by atoms with Gasteiger partial charge in [-0.2, -0.15) is 0 Å². The van der Waals surface area contributed by atoms with Crippen LogP contribution >= 0.6 is 15.9 Å². The molecule has 0 atom stereocenters. The van der Waals surface area contributed by atoms with E-state index >= 15 is 0 Å². The Hall–Kier alpha value is -1.89. The Kier molecular flexibility index (Phi) is 3.84. The number of carbonyl (C=O) groups excluding carboxylic acids is 1. The monoisotopic (exact) mass is 326 g/mol. The zero-order valence-electron chi connectivity index (χ0n) is 10.1. The highest BCUT2D eigenvalue weighted by Gasteiger charge is 2.18. The van der Waals surface area contributed by atoms with Crippen LogP contribution in [-0.4, -0.2) is 22.1 Å². The van der Waals surface area contributed by atoms with Crippen LogP contribution < -0.4 is 0 Å². The second-order valence-corrected chi connectivity index (χ2v) is 4.78. The maximum atomic E-state index is 11.5. The molecule has 0 spiro atoms. The van der Waals surface area contributed by atoms with Crippen LogP contribution in [0.3, 0.4) is 0 Å². The Morgan fingerprint density at radius 3 is 2.89 bits per heavy atom. The third kappa shape index (κ3) is 2.76. The van der Waals surface area contributed by atoms with Crippen molar-refractivity contribution in [3.05, 3.63) is 39.0 Å². The van der Waals surface area contributed by atoms with Crippen LogP contribution in [-0.2, 0) is 16.1 Å². The van der Waals surface area contributed by atoms with E-state index in [2.05, 4.69) is 15.9 Å². The third-order valence-corrected chi connectivity index (χ3v) is 3.06. The topological polar surface area (TPSA) is 74.4 Å². The summed E-state index contributed by atoms with van der Waals surface area (Å²) < 4.78 is 7.00. The van der Waals surface area contributed by atoms with E-state index in [4.69, 9.17) is 4.74 Å². The van der Waals surface area contributed by atoms with Crippen molar-refractivity contribution in [2.75, 3.05) is 6.61 Å². The highest BCUT2D eigenvalue weighted by atomic mass is 79.9. The highest BCUT2D eigenvalue weighted by Crippen LogP contribution is 2.30. The zero-order chi connectivity index (χ0) is 14.0. The van der Waals surface area contributed by atoms with E-state index in [1.54, 1.807) is 25.3 Å². The maximum absolute atomic E-state index is 11.5. The van der Waals surface area contributed by atoms with Gasteiger partial charge in [-0.15, -0.1) is 0 Å². The summed E-state index contributed by atoms with van der Waals surface area (Å²) in [5.74, 6) is -0.419. The lowest BCUT2D eigenvalue weighted by atomic mass is 10.2. The Morgan fingerprint density at radius 2 is 2.26 bits per heavy atom. The number of hydrogen-bond donors (Lipinski definition) is 0. The fourth-order valence-corrected chi connectivity index (χ4v) is 2.37. The number of esters is 1. The van der Waals surface area contributed by atoms with Gasteiger partial charge in [-0.3, -0.25) is 14.9 Å². The van der Waals surface area contributed by atoms with Gasteiger partial charge in [0.25, 0.3) is 5.69 Å². The molecule has 100 valence electrons. The minimum absolute atomic E-state index is 0.0419. The van der Waals surface area contributed by atoms with Gasteiger partial charge in [0.1, 0.15) is 12.1 Å². The largest absolute Gasteiger partial charge is 0.465 e. The molecule has 19 heavy (non-hydrogen) atoms. The van der Waals surface area contributed by atoms with E-state index in [1.165, 1.54) is 10.6 Å². The number of benzene rings is 1. The number of fused-ring (bicyclic) bond motifs is 1. The molecule has 7 heteroatoms. The number of ether oxygens (including phenoxy) is 1. The first kappa shape index (κ1) is 13.5. The van der Waals surface area contributed by atoms with E-state index < -0.39 is 10.9 Å². The summed E-state index contributed by atoms with van der Waals surface area (Å²) in [6.45, 7) is 1.96. The second kappa shape index (κ2) is 5.40. The Bertz CT molecular complexity index is 650. The van der Waals surface area contributed by atoms with Crippen LogP contribution in [0.4, 0.5) is 5.69 Å². The molecule has 6 nitrogen and oxygen atoms in total. The quantitative estimate of drug-likeness (QED) is 0.492. The zero-order valence-corrected chi connectivity index (χ0v) is 11.7. The molecule has 1 heterocycles. The molecule has 0 saturated carbocycles. The summed E-state index contributed by atoms with van der Waals surface area (Å²) in [5, 5.41) is 11.8. The lowest BCUT2D eigenvalue weighted by molar-refractivity contribution is -0.383. The number of aromatic nitrogens is 1. The number of carbonyl (C=O) groups is 1. The van der Waals surface area contributed by atoms with Gasteiger partial charge >= 0.3 is 5.97 Å². The molecule has 0 radical (unpaired) electrons. The first-order valence-electron chi connectivity index (χ1n) is 5.61. The van der Waals surface area contributed by atoms with E-state index in [1.807, 2.05) is 0 Å². The highest BCUT2D eigenvalue weighted by molar-refractivity contribution is 9.10. The number of halogens is 1. The minimum atomic E-state index is -0.464. The summed E-state index contributed by atoms with van der Waals surface area (Å²) in [6.07, 6.45) is 1.64. The summed E-state index contributed by atoms with van der Waals surface area (Å²) in [4.78, 5) is 22.1. The van der Waals surface area contributed by atoms with Gasteiger partial charge in [-0.05, 0) is 19.1 Å². The molecule has 0 fully saturated rings. The first-order chi connectivity index (χ1) is 9.02. The summed E-state index contributed by atoms with van der Waals surface area (Å²) >= 11 is 3.23. The lowest BCUT2D eigenvalue weighted by Crippen LogP contribution is -2.13. The third-order valence-electron chi connectivity index (χ3n) is 2.61. The van der Waals surface area contributed by atoms with Crippen molar-refractivity contribution in [3.8, 4) is 0 Å². The molecule has 0 bridgehead atoms. The van der Waals surface area contributed by atoms with Crippen LogP contribution in [0.25, 0.3) is 10.9 Å². The molecule has 1 aromatic heterocycles. The molecule has 0 saturated heterocycles. The second-order valence-electron chi connectivity index (χ2n) is 3.87. The van der Waals surface area contributed by atoms with E-state index in [-0.39, 0.29) is 18.8 Å². The summed E-state index contributed by atoms with van der Waals surface area (Å²) in [6, 6.07) is 4.92. The van der Waals surface area contributed by atoms with Crippen molar-refractivity contribution >= 4 is 38.5 Å². The number of non-ortho nitro benzene ring substituents is 1. The predicted octanol–water partition coefficient (Wildman–Crippen LogP) is 2.88. The molecule has 2 rings (SSSR count). The number of nitrogens with zero attached hydrogens (tertiary/aromatic N) is 2. The van der Waals surface area contributed by atoms with Crippen molar-refractivity contribution in [1.82, 2.24) is 4.57 Å². The molecule has 0 unspecified atom stereocenters. The number of nitro benzene ring substituents is 1. The normalized spacial score (nSPS) is 10.6. The maximum Gasteiger partial charge on any atom is 0.325 e.